The molecule has 7 heteroatoms. The molecule has 0 spiro atoms. The summed E-state index contributed by atoms with van der Waals surface area (Å²) in [5.41, 5.74) is 2.95. The highest BCUT2D eigenvalue weighted by Crippen LogP contribution is 2.11. The SMILES string of the molecule is Cc1cccc(CN(CC(=O)NCCc2ccc(Cl)cc2)S(C)(=O)=O)c1. The first-order valence-electron chi connectivity index (χ1n) is 8.26. The van der Waals surface area contributed by atoms with E-state index in [2.05, 4.69) is 5.32 Å². The van der Waals surface area contributed by atoms with Crippen LogP contribution < -0.4 is 5.32 Å². The van der Waals surface area contributed by atoms with Crippen molar-refractivity contribution in [3.05, 3.63) is 70.2 Å². The molecule has 0 radical (unpaired) electrons. The van der Waals surface area contributed by atoms with Crippen LogP contribution in [0.5, 0.6) is 0 Å². The molecule has 140 valence electrons. The Hall–Kier alpha value is -1.89. The van der Waals surface area contributed by atoms with Crippen LogP contribution in [0.4, 0.5) is 0 Å². The number of carbonyl (C=O) groups is 1. The standard InChI is InChI=1S/C19H23ClN2O3S/c1-15-4-3-5-17(12-15)13-22(26(2,24)25)14-19(23)21-11-10-16-6-8-18(20)9-7-16/h3-9,12H,10-11,13-14H2,1-2H3,(H,21,23). The van der Waals surface area contributed by atoms with Crippen molar-refractivity contribution in [2.75, 3.05) is 19.3 Å². The predicted molar refractivity (Wildman–Crippen MR) is 105 cm³/mol. The van der Waals surface area contributed by atoms with Gasteiger partial charge in [0.25, 0.3) is 0 Å². The maximum atomic E-state index is 12.2. The van der Waals surface area contributed by atoms with Gasteiger partial charge in [0.1, 0.15) is 0 Å². The lowest BCUT2D eigenvalue weighted by atomic mass is 10.1. The summed E-state index contributed by atoms with van der Waals surface area (Å²) in [5, 5.41) is 3.43. The topological polar surface area (TPSA) is 66.5 Å². The van der Waals surface area contributed by atoms with Crippen molar-refractivity contribution in [1.29, 1.82) is 0 Å². The van der Waals surface area contributed by atoms with E-state index in [9.17, 15) is 13.2 Å². The van der Waals surface area contributed by atoms with Crippen molar-refractivity contribution in [2.45, 2.75) is 19.9 Å². The summed E-state index contributed by atoms with van der Waals surface area (Å²) in [6.07, 6.45) is 1.77. The minimum Gasteiger partial charge on any atom is -0.355 e. The number of benzene rings is 2. The molecular formula is C19H23ClN2O3S. The average Bonchev–Trinajstić information content (AvgIpc) is 2.55. The van der Waals surface area contributed by atoms with Crippen LogP contribution in [0.25, 0.3) is 0 Å². The highest BCUT2D eigenvalue weighted by molar-refractivity contribution is 7.88. The van der Waals surface area contributed by atoms with Crippen LogP contribution in [0.15, 0.2) is 48.5 Å². The van der Waals surface area contributed by atoms with Crippen LogP contribution in [0, 0.1) is 6.92 Å². The summed E-state index contributed by atoms with van der Waals surface area (Å²) in [6.45, 7) is 2.35. The molecule has 0 unspecified atom stereocenters. The van der Waals surface area contributed by atoms with E-state index in [1.807, 2.05) is 43.3 Å². The van der Waals surface area contributed by atoms with E-state index < -0.39 is 10.0 Å². The van der Waals surface area contributed by atoms with Gasteiger partial charge in [0.2, 0.25) is 15.9 Å². The third-order valence-corrected chi connectivity index (χ3v) is 5.33. The average molecular weight is 395 g/mol. The van der Waals surface area contributed by atoms with Gasteiger partial charge in [0, 0.05) is 18.1 Å². The fraction of sp³-hybridized carbons (Fsp3) is 0.316. The zero-order valence-electron chi connectivity index (χ0n) is 14.9. The number of nitrogens with one attached hydrogen (secondary N) is 1. The second kappa shape index (κ2) is 9.16. The van der Waals surface area contributed by atoms with Gasteiger partial charge in [0.05, 0.1) is 12.8 Å². The lowest BCUT2D eigenvalue weighted by Gasteiger charge is -2.20. The normalized spacial score (nSPS) is 11.5. The number of amides is 1. The van der Waals surface area contributed by atoms with Crippen LogP contribution in [0.3, 0.4) is 0 Å². The Balaban J connectivity index is 1.91. The van der Waals surface area contributed by atoms with Crippen molar-refractivity contribution in [3.63, 3.8) is 0 Å². The van der Waals surface area contributed by atoms with Gasteiger partial charge >= 0.3 is 0 Å². The molecule has 0 aliphatic rings. The maximum absolute atomic E-state index is 12.2. The first-order valence-corrected chi connectivity index (χ1v) is 10.5. The first kappa shape index (κ1) is 20.4. The van der Waals surface area contributed by atoms with Gasteiger partial charge in [0.15, 0.2) is 0 Å². The molecule has 0 aliphatic heterocycles. The number of hydrogen-bond acceptors (Lipinski definition) is 3. The van der Waals surface area contributed by atoms with Gasteiger partial charge in [-0.2, -0.15) is 4.31 Å². The number of aryl methyl sites for hydroxylation is 1. The van der Waals surface area contributed by atoms with E-state index in [4.69, 9.17) is 11.6 Å². The fourth-order valence-electron chi connectivity index (χ4n) is 2.52. The lowest BCUT2D eigenvalue weighted by Crippen LogP contribution is -2.40. The molecule has 0 saturated heterocycles. The molecule has 1 N–H and O–H groups in total. The van der Waals surface area contributed by atoms with E-state index in [0.717, 1.165) is 22.9 Å². The summed E-state index contributed by atoms with van der Waals surface area (Å²) in [6, 6.07) is 15.0. The molecule has 2 aromatic rings. The summed E-state index contributed by atoms with van der Waals surface area (Å²) in [4.78, 5) is 12.2. The minimum absolute atomic E-state index is 0.172. The Morgan fingerprint density at radius 1 is 1.12 bits per heavy atom. The summed E-state index contributed by atoms with van der Waals surface area (Å²) >= 11 is 5.84. The monoisotopic (exact) mass is 394 g/mol. The fourth-order valence-corrected chi connectivity index (χ4v) is 3.38. The molecule has 2 aromatic carbocycles. The second-order valence-electron chi connectivity index (χ2n) is 6.25. The van der Waals surface area contributed by atoms with Crippen LogP contribution in [0.2, 0.25) is 5.02 Å². The number of sulfonamides is 1. The maximum Gasteiger partial charge on any atom is 0.235 e. The van der Waals surface area contributed by atoms with Crippen LogP contribution in [0.1, 0.15) is 16.7 Å². The molecule has 0 saturated carbocycles. The second-order valence-corrected chi connectivity index (χ2v) is 8.67. The Kier molecular flexibility index (Phi) is 7.20. The molecule has 0 aromatic heterocycles. The van der Waals surface area contributed by atoms with Crippen molar-refractivity contribution in [2.24, 2.45) is 0 Å². The largest absolute Gasteiger partial charge is 0.355 e. The quantitative estimate of drug-likeness (QED) is 0.748. The molecule has 0 heterocycles. The van der Waals surface area contributed by atoms with Gasteiger partial charge in [-0.25, -0.2) is 8.42 Å². The molecule has 1 amide bonds. The number of nitrogens with zero attached hydrogens (tertiary/aromatic N) is 1. The molecular weight excluding hydrogens is 372 g/mol. The Morgan fingerprint density at radius 3 is 2.42 bits per heavy atom. The van der Waals surface area contributed by atoms with Crippen molar-refractivity contribution < 1.29 is 13.2 Å². The van der Waals surface area contributed by atoms with E-state index in [-0.39, 0.29) is 19.0 Å². The van der Waals surface area contributed by atoms with Gasteiger partial charge in [-0.3, -0.25) is 4.79 Å². The molecule has 0 aliphatic carbocycles. The number of rotatable bonds is 8. The van der Waals surface area contributed by atoms with Crippen LogP contribution in [-0.2, 0) is 27.8 Å². The van der Waals surface area contributed by atoms with E-state index >= 15 is 0 Å². The van der Waals surface area contributed by atoms with E-state index in [1.54, 1.807) is 12.1 Å². The predicted octanol–water partition coefficient (Wildman–Crippen LogP) is 2.77. The van der Waals surface area contributed by atoms with Crippen LogP contribution >= 0.6 is 11.6 Å². The summed E-state index contributed by atoms with van der Waals surface area (Å²) in [7, 11) is -3.50. The molecule has 0 bridgehead atoms. The van der Waals surface area contributed by atoms with Crippen LogP contribution in [-0.4, -0.2) is 38.0 Å². The number of halogens is 1. The highest BCUT2D eigenvalue weighted by Gasteiger charge is 2.20. The zero-order chi connectivity index (χ0) is 19.2. The third kappa shape index (κ3) is 6.78. The van der Waals surface area contributed by atoms with E-state index in [0.29, 0.717) is 18.0 Å². The van der Waals surface area contributed by atoms with Crippen molar-refractivity contribution in [1.82, 2.24) is 9.62 Å². The highest BCUT2D eigenvalue weighted by atomic mass is 35.5. The number of hydrogen-bond donors (Lipinski definition) is 1. The third-order valence-electron chi connectivity index (χ3n) is 3.88. The number of carbonyl (C=O) groups excluding carboxylic acids is 1. The van der Waals surface area contributed by atoms with Gasteiger partial charge in [-0.05, 0) is 36.6 Å². The summed E-state index contributed by atoms with van der Waals surface area (Å²) in [5.74, 6) is -0.322. The molecule has 0 fully saturated rings. The van der Waals surface area contributed by atoms with Gasteiger partial charge in [-0.15, -0.1) is 0 Å². The lowest BCUT2D eigenvalue weighted by molar-refractivity contribution is -0.121. The Bertz CT molecular complexity index is 851. The van der Waals surface area contributed by atoms with Gasteiger partial charge < -0.3 is 5.32 Å². The molecule has 26 heavy (non-hydrogen) atoms. The Labute approximate surface area is 160 Å². The molecule has 5 nitrogen and oxygen atoms in total. The molecule has 2 rings (SSSR count). The first-order chi connectivity index (χ1) is 12.2. The van der Waals surface area contributed by atoms with Crippen molar-refractivity contribution in [3.8, 4) is 0 Å². The molecule has 0 atom stereocenters. The van der Waals surface area contributed by atoms with E-state index in [1.165, 1.54) is 4.31 Å². The minimum atomic E-state index is -3.50. The van der Waals surface area contributed by atoms with Crippen molar-refractivity contribution >= 4 is 27.5 Å². The zero-order valence-corrected chi connectivity index (χ0v) is 16.5. The summed E-state index contributed by atoms with van der Waals surface area (Å²) < 4.78 is 25.2. The smallest absolute Gasteiger partial charge is 0.235 e. The Morgan fingerprint density at radius 2 is 1.81 bits per heavy atom. The van der Waals surface area contributed by atoms with Gasteiger partial charge in [-0.1, -0.05) is 53.6 Å².